The molecule has 28 heavy (non-hydrogen) atoms. The van der Waals surface area contributed by atoms with Crippen LogP contribution in [0.3, 0.4) is 0 Å². The lowest BCUT2D eigenvalue weighted by Crippen LogP contribution is -2.57. The van der Waals surface area contributed by atoms with Crippen LogP contribution in [-0.2, 0) is 9.53 Å². The Morgan fingerprint density at radius 2 is 1.96 bits per heavy atom. The van der Waals surface area contributed by atoms with Crippen LogP contribution in [0.4, 0.5) is 0 Å². The van der Waals surface area contributed by atoms with Crippen molar-refractivity contribution in [1.82, 2.24) is 4.90 Å². The van der Waals surface area contributed by atoms with E-state index in [1.807, 2.05) is 60.4 Å². The molecule has 1 aliphatic heterocycles. The second-order valence-corrected chi connectivity index (χ2v) is 9.35. The Morgan fingerprint density at radius 3 is 2.46 bits per heavy atom. The second kappa shape index (κ2) is 7.73. The SMILES string of the molecule is CC(C)[C@H](C(=O)OC(C)(C)C)N(C)[C@H]1c2cc(C#N)ccc2OC(C)(C)[C@@H]1O. The van der Waals surface area contributed by atoms with Gasteiger partial charge in [-0.1, -0.05) is 13.8 Å². The molecule has 6 heteroatoms. The van der Waals surface area contributed by atoms with Crippen LogP contribution >= 0.6 is 0 Å². The van der Waals surface area contributed by atoms with Gasteiger partial charge in [-0.3, -0.25) is 9.69 Å². The standard InChI is InChI=1S/C22H32N2O4/c1-13(2)17(20(26)28-21(3,4)5)24(8)18-15-11-14(12-23)9-10-16(15)27-22(6,7)19(18)25/h9-11,13,17-19,25H,1-8H3/t17-,18+,19-/m1/s1. The summed E-state index contributed by atoms with van der Waals surface area (Å²) in [6, 6.07) is 6.21. The molecule has 0 amide bonds. The predicted octanol–water partition coefficient (Wildman–Crippen LogP) is 3.43. The first-order valence-corrected chi connectivity index (χ1v) is 9.64. The Bertz CT molecular complexity index is 774. The number of carbonyl (C=O) groups is 1. The predicted molar refractivity (Wildman–Crippen MR) is 107 cm³/mol. The van der Waals surface area contributed by atoms with Gasteiger partial charge in [-0.05, 0) is 65.8 Å². The zero-order valence-corrected chi connectivity index (χ0v) is 18.1. The van der Waals surface area contributed by atoms with Gasteiger partial charge in [0.15, 0.2) is 0 Å². The third-order valence-corrected chi connectivity index (χ3v) is 5.00. The van der Waals surface area contributed by atoms with E-state index in [-0.39, 0.29) is 11.9 Å². The van der Waals surface area contributed by atoms with E-state index < -0.39 is 29.4 Å². The summed E-state index contributed by atoms with van der Waals surface area (Å²) in [7, 11) is 1.81. The maximum atomic E-state index is 13.0. The zero-order valence-electron chi connectivity index (χ0n) is 18.1. The molecule has 1 aromatic rings. The van der Waals surface area contributed by atoms with Gasteiger partial charge in [0.05, 0.1) is 17.7 Å². The molecule has 1 heterocycles. The molecule has 0 radical (unpaired) electrons. The average Bonchev–Trinajstić information content (AvgIpc) is 2.53. The summed E-state index contributed by atoms with van der Waals surface area (Å²) in [5.41, 5.74) is -0.284. The number of aliphatic hydroxyl groups excluding tert-OH is 1. The van der Waals surface area contributed by atoms with Gasteiger partial charge in [-0.25, -0.2) is 0 Å². The molecule has 3 atom stereocenters. The molecule has 1 aromatic carbocycles. The minimum atomic E-state index is -0.900. The Morgan fingerprint density at radius 1 is 1.36 bits per heavy atom. The number of carbonyl (C=O) groups excluding carboxylic acids is 1. The van der Waals surface area contributed by atoms with Crippen LogP contribution in [0.15, 0.2) is 18.2 Å². The smallest absolute Gasteiger partial charge is 0.324 e. The lowest BCUT2D eigenvalue weighted by molar-refractivity contribution is -0.168. The number of fused-ring (bicyclic) bond motifs is 1. The van der Waals surface area contributed by atoms with E-state index in [1.165, 1.54) is 0 Å². The number of nitrogens with zero attached hydrogens (tertiary/aromatic N) is 2. The van der Waals surface area contributed by atoms with E-state index in [0.717, 1.165) is 0 Å². The van der Waals surface area contributed by atoms with Crippen LogP contribution in [-0.4, -0.2) is 46.4 Å². The summed E-state index contributed by atoms with van der Waals surface area (Å²) in [6.07, 6.45) is -0.900. The summed E-state index contributed by atoms with van der Waals surface area (Å²) in [6.45, 7) is 13.0. The molecule has 154 valence electrons. The van der Waals surface area contributed by atoms with Gasteiger partial charge in [0.1, 0.15) is 29.1 Å². The minimum Gasteiger partial charge on any atom is -0.485 e. The van der Waals surface area contributed by atoms with Crippen LogP contribution in [0, 0.1) is 17.2 Å². The van der Waals surface area contributed by atoms with E-state index in [4.69, 9.17) is 9.47 Å². The molecule has 0 bridgehead atoms. The molecule has 0 saturated heterocycles. The maximum absolute atomic E-state index is 13.0. The third kappa shape index (κ3) is 4.48. The van der Waals surface area contributed by atoms with E-state index in [2.05, 4.69) is 6.07 Å². The maximum Gasteiger partial charge on any atom is 0.324 e. The lowest BCUT2D eigenvalue weighted by atomic mass is 9.83. The number of benzene rings is 1. The molecular weight excluding hydrogens is 356 g/mol. The van der Waals surface area contributed by atoms with Crippen molar-refractivity contribution in [2.24, 2.45) is 5.92 Å². The second-order valence-electron chi connectivity index (χ2n) is 9.35. The van der Waals surface area contributed by atoms with Crippen LogP contribution in [0.2, 0.25) is 0 Å². The van der Waals surface area contributed by atoms with Crippen LogP contribution in [0.5, 0.6) is 5.75 Å². The third-order valence-electron chi connectivity index (χ3n) is 5.00. The fraction of sp³-hybridized carbons (Fsp3) is 0.636. The van der Waals surface area contributed by atoms with Gasteiger partial charge >= 0.3 is 5.97 Å². The fourth-order valence-corrected chi connectivity index (χ4v) is 3.72. The zero-order chi connectivity index (χ0) is 21.4. The van der Waals surface area contributed by atoms with E-state index in [0.29, 0.717) is 16.9 Å². The lowest BCUT2D eigenvalue weighted by Gasteiger charge is -2.47. The summed E-state index contributed by atoms with van der Waals surface area (Å²) in [5, 5.41) is 20.4. The topological polar surface area (TPSA) is 82.8 Å². The van der Waals surface area contributed by atoms with Crippen molar-refractivity contribution in [2.45, 2.75) is 77.9 Å². The highest BCUT2D eigenvalue weighted by Gasteiger charge is 2.47. The molecular formula is C22H32N2O4. The van der Waals surface area contributed by atoms with Crippen LogP contribution in [0.25, 0.3) is 0 Å². The number of aliphatic hydroxyl groups is 1. The molecule has 0 aliphatic carbocycles. The monoisotopic (exact) mass is 388 g/mol. The number of nitriles is 1. The first-order valence-electron chi connectivity index (χ1n) is 9.64. The number of rotatable bonds is 4. The van der Waals surface area contributed by atoms with Gasteiger partial charge in [0.2, 0.25) is 0 Å². The Hall–Kier alpha value is -2.10. The average molecular weight is 389 g/mol. The number of hydrogen-bond acceptors (Lipinski definition) is 6. The Kier molecular flexibility index (Phi) is 6.13. The highest BCUT2D eigenvalue weighted by molar-refractivity contribution is 5.76. The molecule has 0 unspecified atom stereocenters. The minimum absolute atomic E-state index is 0.0411. The Balaban J connectivity index is 2.53. The van der Waals surface area contributed by atoms with Crippen molar-refractivity contribution in [1.29, 1.82) is 5.26 Å². The van der Waals surface area contributed by atoms with Gasteiger partial charge in [-0.2, -0.15) is 5.26 Å². The summed E-state index contributed by atoms with van der Waals surface area (Å²) in [5.74, 6) is 0.234. The van der Waals surface area contributed by atoms with E-state index in [9.17, 15) is 15.2 Å². The molecule has 0 saturated carbocycles. The van der Waals surface area contributed by atoms with Crippen molar-refractivity contribution in [2.75, 3.05) is 7.05 Å². The van der Waals surface area contributed by atoms with Crippen LogP contribution in [0.1, 0.15) is 65.6 Å². The van der Waals surface area contributed by atoms with Crippen molar-refractivity contribution < 1.29 is 19.4 Å². The van der Waals surface area contributed by atoms with Crippen LogP contribution < -0.4 is 4.74 Å². The van der Waals surface area contributed by atoms with Gasteiger partial charge in [-0.15, -0.1) is 0 Å². The molecule has 6 nitrogen and oxygen atoms in total. The number of ether oxygens (including phenoxy) is 2. The number of esters is 1. The highest BCUT2D eigenvalue weighted by Crippen LogP contribution is 2.44. The van der Waals surface area contributed by atoms with Gasteiger partial charge in [0.25, 0.3) is 0 Å². The molecule has 0 aromatic heterocycles. The fourth-order valence-electron chi connectivity index (χ4n) is 3.72. The summed E-state index contributed by atoms with van der Waals surface area (Å²) >= 11 is 0. The summed E-state index contributed by atoms with van der Waals surface area (Å²) in [4.78, 5) is 14.8. The normalized spacial score (nSPS) is 22.2. The number of likely N-dealkylation sites (N-methyl/N-ethyl adjacent to an activating group) is 1. The first-order chi connectivity index (χ1) is 12.8. The number of hydrogen-bond donors (Lipinski definition) is 1. The molecule has 0 spiro atoms. The first kappa shape index (κ1) is 22.2. The quantitative estimate of drug-likeness (QED) is 0.796. The van der Waals surface area contributed by atoms with Crippen molar-refractivity contribution in [3.05, 3.63) is 29.3 Å². The van der Waals surface area contributed by atoms with Crippen molar-refractivity contribution >= 4 is 5.97 Å². The summed E-state index contributed by atoms with van der Waals surface area (Å²) < 4.78 is 11.6. The largest absolute Gasteiger partial charge is 0.485 e. The highest BCUT2D eigenvalue weighted by atomic mass is 16.6. The molecule has 0 fully saturated rings. The molecule has 2 rings (SSSR count). The van der Waals surface area contributed by atoms with E-state index >= 15 is 0 Å². The molecule has 1 N–H and O–H groups in total. The van der Waals surface area contributed by atoms with Gasteiger partial charge < -0.3 is 14.6 Å². The van der Waals surface area contributed by atoms with Crippen molar-refractivity contribution in [3.8, 4) is 11.8 Å². The van der Waals surface area contributed by atoms with Gasteiger partial charge in [0, 0.05) is 5.56 Å². The van der Waals surface area contributed by atoms with E-state index in [1.54, 1.807) is 18.2 Å². The Labute approximate surface area is 168 Å². The van der Waals surface area contributed by atoms with Crippen molar-refractivity contribution in [3.63, 3.8) is 0 Å². The molecule has 1 aliphatic rings.